The van der Waals surface area contributed by atoms with Gasteiger partial charge in [0.05, 0.1) is 5.69 Å². The fourth-order valence-corrected chi connectivity index (χ4v) is 2.81. The second-order valence-electron chi connectivity index (χ2n) is 6.00. The monoisotopic (exact) mass is 371 g/mol. The van der Waals surface area contributed by atoms with E-state index in [1.54, 1.807) is 9.80 Å². The van der Waals surface area contributed by atoms with Gasteiger partial charge in [0.1, 0.15) is 0 Å². The van der Waals surface area contributed by atoms with Crippen LogP contribution in [-0.4, -0.2) is 60.2 Å². The van der Waals surface area contributed by atoms with Crippen molar-refractivity contribution in [2.45, 2.75) is 20.3 Å². The lowest BCUT2D eigenvalue weighted by molar-refractivity contribution is -0.138. The van der Waals surface area contributed by atoms with Crippen LogP contribution in [0.1, 0.15) is 20.3 Å². The van der Waals surface area contributed by atoms with Crippen LogP contribution in [0.15, 0.2) is 12.1 Å². The highest BCUT2D eigenvalue weighted by Gasteiger charge is 2.25. The van der Waals surface area contributed by atoms with E-state index in [1.165, 1.54) is 6.92 Å². The molecule has 142 valence electrons. The molecular weight excluding hydrogens is 351 g/mol. The summed E-state index contributed by atoms with van der Waals surface area (Å²) in [6, 6.07) is 1.69. The van der Waals surface area contributed by atoms with E-state index >= 15 is 0 Å². The number of hydrogen-bond donors (Lipinski definition) is 0. The van der Waals surface area contributed by atoms with Gasteiger partial charge in [0.15, 0.2) is 17.5 Å². The number of hydrogen-bond acceptors (Lipinski definition) is 3. The zero-order valence-corrected chi connectivity index (χ0v) is 14.6. The molecule has 6 nitrogen and oxygen atoms in total. The Bertz CT molecular complexity index is 719. The minimum absolute atomic E-state index is 0.0614. The van der Waals surface area contributed by atoms with Gasteiger partial charge in [-0.2, -0.15) is 0 Å². The number of amides is 3. The fraction of sp³-hybridized carbons (Fsp3) is 0.471. The van der Waals surface area contributed by atoms with Crippen molar-refractivity contribution in [1.82, 2.24) is 9.80 Å². The van der Waals surface area contributed by atoms with E-state index < -0.39 is 29.0 Å². The highest BCUT2D eigenvalue weighted by molar-refractivity contribution is 5.92. The summed E-state index contributed by atoms with van der Waals surface area (Å²) >= 11 is 0. The Morgan fingerprint density at radius 2 is 1.54 bits per heavy atom. The molecule has 0 N–H and O–H groups in total. The third kappa shape index (κ3) is 4.33. The molecule has 1 saturated heterocycles. The molecule has 1 aromatic rings. The third-order valence-electron chi connectivity index (χ3n) is 4.31. The Morgan fingerprint density at radius 1 is 0.962 bits per heavy atom. The van der Waals surface area contributed by atoms with Gasteiger partial charge >= 0.3 is 0 Å². The molecule has 1 aliphatic heterocycles. The Kier molecular flexibility index (Phi) is 6.23. The molecule has 1 aromatic carbocycles. The molecule has 0 unspecified atom stereocenters. The van der Waals surface area contributed by atoms with Gasteiger partial charge in [-0.1, -0.05) is 0 Å². The van der Waals surface area contributed by atoms with Crippen molar-refractivity contribution in [3.05, 3.63) is 29.6 Å². The summed E-state index contributed by atoms with van der Waals surface area (Å²) < 4.78 is 40.4. The van der Waals surface area contributed by atoms with Crippen molar-refractivity contribution in [2.24, 2.45) is 0 Å². The number of rotatable bonds is 4. The lowest BCUT2D eigenvalue weighted by Gasteiger charge is -2.34. The number of carbonyl (C=O) groups excluding carboxylic acids is 3. The second-order valence-corrected chi connectivity index (χ2v) is 6.00. The van der Waals surface area contributed by atoms with Crippen molar-refractivity contribution in [3.63, 3.8) is 0 Å². The van der Waals surface area contributed by atoms with Crippen LogP contribution in [0.4, 0.5) is 18.9 Å². The van der Waals surface area contributed by atoms with Crippen molar-refractivity contribution >= 4 is 23.4 Å². The number of anilines is 1. The summed E-state index contributed by atoms with van der Waals surface area (Å²) in [5, 5.41) is 0. The third-order valence-corrected chi connectivity index (χ3v) is 4.31. The van der Waals surface area contributed by atoms with Crippen LogP contribution in [0.25, 0.3) is 0 Å². The van der Waals surface area contributed by atoms with Gasteiger partial charge in [-0.05, 0) is 12.1 Å². The SMILES string of the molecule is CC(=O)N1CCN(C(=O)CCN(C(C)=O)c2ccc(F)c(F)c2F)CC1. The Hall–Kier alpha value is -2.58. The van der Waals surface area contributed by atoms with Crippen LogP contribution in [-0.2, 0) is 14.4 Å². The molecule has 0 bridgehead atoms. The van der Waals surface area contributed by atoms with Crippen molar-refractivity contribution in [1.29, 1.82) is 0 Å². The lowest BCUT2D eigenvalue weighted by Crippen LogP contribution is -2.50. The summed E-state index contributed by atoms with van der Waals surface area (Å²) in [6.45, 7) is 4.04. The van der Waals surface area contributed by atoms with E-state index in [2.05, 4.69) is 0 Å². The number of benzene rings is 1. The molecule has 1 fully saturated rings. The first kappa shape index (κ1) is 19.7. The normalized spacial score (nSPS) is 14.3. The van der Waals surface area contributed by atoms with Gasteiger partial charge in [0.25, 0.3) is 0 Å². The van der Waals surface area contributed by atoms with Crippen LogP contribution < -0.4 is 4.90 Å². The maximum atomic E-state index is 13.9. The molecule has 26 heavy (non-hydrogen) atoms. The molecule has 1 heterocycles. The Balaban J connectivity index is 2.01. The molecule has 0 atom stereocenters. The molecule has 0 radical (unpaired) electrons. The minimum atomic E-state index is -1.67. The standard InChI is InChI=1S/C17H20F3N3O3/c1-11(24)21-7-9-22(10-8-21)15(26)5-6-23(12(2)25)14-4-3-13(18)16(19)17(14)20/h3-4H,5-10H2,1-2H3. The Labute approximate surface area is 149 Å². The highest BCUT2D eigenvalue weighted by Crippen LogP contribution is 2.24. The number of halogens is 3. The zero-order chi connectivity index (χ0) is 19.4. The van der Waals surface area contributed by atoms with Crippen LogP contribution >= 0.6 is 0 Å². The van der Waals surface area contributed by atoms with Gasteiger partial charge in [-0.15, -0.1) is 0 Å². The van der Waals surface area contributed by atoms with E-state index in [0.29, 0.717) is 26.2 Å². The van der Waals surface area contributed by atoms with Crippen molar-refractivity contribution in [3.8, 4) is 0 Å². The molecule has 0 aromatic heterocycles. The maximum absolute atomic E-state index is 13.9. The van der Waals surface area contributed by atoms with Gasteiger partial charge in [-0.25, -0.2) is 13.2 Å². The summed E-state index contributed by atoms with van der Waals surface area (Å²) in [7, 11) is 0. The Morgan fingerprint density at radius 3 is 2.08 bits per heavy atom. The van der Waals surface area contributed by atoms with Crippen LogP contribution in [0.5, 0.6) is 0 Å². The first-order valence-electron chi connectivity index (χ1n) is 8.17. The first-order chi connectivity index (χ1) is 12.2. The maximum Gasteiger partial charge on any atom is 0.224 e. The van der Waals surface area contributed by atoms with E-state index in [-0.39, 0.29) is 24.8 Å². The van der Waals surface area contributed by atoms with Crippen LogP contribution in [0.2, 0.25) is 0 Å². The largest absolute Gasteiger partial charge is 0.339 e. The molecule has 0 saturated carbocycles. The zero-order valence-electron chi connectivity index (χ0n) is 14.6. The van der Waals surface area contributed by atoms with E-state index in [1.807, 2.05) is 0 Å². The predicted octanol–water partition coefficient (Wildman–Crippen LogP) is 1.54. The van der Waals surface area contributed by atoms with E-state index in [9.17, 15) is 27.6 Å². The number of piperazine rings is 1. The lowest BCUT2D eigenvalue weighted by atomic mass is 10.2. The number of carbonyl (C=O) groups is 3. The van der Waals surface area contributed by atoms with E-state index in [0.717, 1.165) is 24.0 Å². The quantitative estimate of drug-likeness (QED) is 0.755. The molecule has 0 aliphatic carbocycles. The summed E-state index contributed by atoms with van der Waals surface area (Å²) in [5.74, 6) is -5.41. The molecule has 3 amide bonds. The molecular formula is C17H20F3N3O3. The molecule has 1 aliphatic rings. The van der Waals surface area contributed by atoms with Gasteiger partial charge in [0.2, 0.25) is 17.7 Å². The van der Waals surface area contributed by atoms with Crippen molar-refractivity contribution in [2.75, 3.05) is 37.6 Å². The van der Waals surface area contributed by atoms with Gasteiger partial charge in [-0.3, -0.25) is 14.4 Å². The van der Waals surface area contributed by atoms with Crippen LogP contribution in [0.3, 0.4) is 0 Å². The number of nitrogens with zero attached hydrogens (tertiary/aromatic N) is 3. The highest BCUT2D eigenvalue weighted by atomic mass is 19.2. The van der Waals surface area contributed by atoms with Crippen LogP contribution in [0, 0.1) is 17.5 Å². The minimum Gasteiger partial charge on any atom is -0.339 e. The summed E-state index contributed by atoms with van der Waals surface area (Å²) in [5.41, 5.74) is -0.411. The average molecular weight is 371 g/mol. The fourth-order valence-electron chi connectivity index (χ4n) is 2.81. The topological polar surface area (TPSA) is 60.9 Å². The molecule has 2 rings (SSSR count). The smallest absolute Gasteiger partial charge is 0.224 e. The van der Waals surface area contributed by atoms with Gasteiger partial charge in [0, 0.05) is 53.0 Å². The first-order valence-corrected chi connectivity index (χ1v) is 8.17. The molecule has 0 spiro atoms. The summed E-state index contributed by atoms with van der Waals surface area (Å²) in [6.07, 6.45) is -0.0991. The molecule has 9 heteroatoms. The van der Waals surface area contributed by atoms with Crippen molar-refractivity contribution < 1.29 is 27.6 Å². The predicted molar refractivity (Wildman–Crippen MR) is 87.8 cm³/mol. The second kappa shape index (κ2) is 8.20. The van der Waals surface area contributed by atoms with E-state index in [4.69, 9.17) is 0 Å². The summed E-state index contributed by atoms with van der Waals surface area (Å²) in [4.78, 5) is 39.4. The van der Waals surface area contributed by atoms with Gasteiger partial charge < -0.3 is 14.7 Å². The average Bonchev–Trinajstić information content (AvgIpc) is 2.61.